The van der Waals surface area contributed by atoms with E-state index >= 15 is 0 Å². The van der Waals surface area contributed by atoms with E-state index in [-0.39, 0.29) is 4.90 Å². The molecule has 7 heteroatoms. The fourth-order valence-electron chi connectivity index (χ4n) is 1.99. The Labute approximate surface area is 124 Å². The van der Waals surface area contributed by atoms with Crippen molar-refractivity contribution >= 4 is 21.4 Å². The lowest BCUT2D eigenvalue weighted by Crippen LogP contribution is -2.23. The van der Waals surface area contributed by atoms with Crippen molar-refractivity contribution in [3.63, 3.8) is 0 Å². The monoisotopic (exact) mass is 309 g/mol. The van der Waals surface area contributed by atoms with Crippen molar-refractivity contribution in [3.05, 3.63) is 42.4 Å². The third-order valence-electron chi connectivity index (χ3n) is 3.19. The van der Waals surface area contributed by atoms with Crippen LogP contribution >= 0.6 is 0 Å². The molecule has 0 saturated heterocycles. The predicted octanol–water partition coefficient (Wildman–Crippen LogP) is 1.75. The Morgan fingerprint density at radius 3 is 2.43 bits per heavy atom. The molecule has 2 rings (SSSR count). The van der Waals surface area contributed by atoms with Crippen LogP contribution in [0.25, 0.3) is 0 Å². The van der Waals surface area contributed by atoms with E-state index in [1.807, 2.05) is 18.0 Å². The minimum Gasteiger partial charge on any atom is -0.472 e. The highest BCUT2D eigenvalue weighted by Crippen LogP contribution is 2.27. The van der Waals surface area contributed by atoms with Crippen molar-refractivity contribution in [1.82, 2.24) is 4.31 Å². The van der Waals surface area contributed by atoms with Crippen LogP contribution in [0.4, 0.5) is 11.4 Å². The maximum atomic E-state index is 12.1. The first-order chi connectivity index (χ1) is 9.82. The zero-order chi connectivity index (χ0) is 15.6. The molecule has 1 aromatic carbocycles. The van der Waals surface area contributed by atoms with Gasteiger partial charge in [-0.3, -0.25) is 0 Å². The topological polar surface area (TPSA) is 79.8 Å². The summed E-state index contributed by atoms with van der Waals surface area (Å²) in [5, 5.41) is 0. The van der Waals surface area contributed by atoms with E-state index in [1.54, 1.807) is 24.7 Å². The van der Waals surface area contributed by atoms with Crippen molar-refractivity contribution < 1.29 is 12.8 Å². The van der Waals surface area contributed by atoms with Crippen molar-refractivity contribution in [1.29, 1.82) is 0 Å². The molecule has 2 N–H and O–H groups in total. The molecule has 0 aliphatic heterocycles. The van der Waals surface area contributed by atoms with Gasteiger partial charge in [0.25, 0.3) is 0 Å². The Kier molecular flexibility index (Phi) is 4.24. The van der Waals surface area contributed by atoms with Gasteiger partial charge in [-0.05, 0) is 24.3 Å². The van der Waals surface area contributed by atoms with Crippen LogP contribution in [0.3, 0.4) is 0 Å². The molecule has 1 aromatic heterocycles. The largest absolute Gasteiger partial charge is 0.472 e. The number of anilines is 2. The lowest BCUT2D eigenvalue weighted by Gasteiger charge is -2.21. The normalized spacial score (nSPS) is 11.8. The number of hydrogen-bond donors (Lipinski definition) is 1. The summed E-state index contributed by atoms with van der Waals surface area (Å²) in [6, 6.07) is 6.63. The molecule has 0 unspecified atom stereocenters. The number of rotatable bonds is 5. The molecule has 2 aromatic rings. The molecule has 6 nitrogen and oxygen atoms in total. The van der Waals surface area contributed by atoms with Gasteiger partial charge in [0.15, 0.2) is 0 Å². The summed E-state index contributed by atoms with van der Waals surface area (Å²) in [6.07, 6.45) is 3.27. The molecule has 0 aliphatic rings. The number of nitrogen functional groups attached to an aromatic ring is 1. The summed E-state index contributed by atoms with van der Waals surface area (Å²) in [5.41, 5.74) is 8.21. The van der Waals surface area contributed by atoms with Gasteiger partial charge in [0.1, 0.15) is 0 Å². The number of nitrogens with two attached hydrogens (primary N) is 1. The van der Waals surface area contributed by atoms with Gasteiger partial charge in [-0.25, -0.2) is 12.7 Å². The first-order valence-corrected chi connectivity index (χ1v) is 7.80. The van der Waals surface area contributed by atoms with Gasteiger partial charge in [-0.15, -0.1) is 0 Å². The van der Waals surface area contributed by atoms with Crippen LogP contribution in [0.5, 0.6) is 0 Å². The van der Waals surface area contributed by atoms with Crippen molar-refractivity contribution in [2.24, 2.45) is 0 Å². The predicted molar refractivity (Wildman–Crippen MR) is 82.5 cm³/mol. The Morgan fingerprint density at radius 2 is 1.90 bits per heavy atom. The Bertz CT molecular complexity index is 709. The first kappa shape index (κ1) is 15.4. The molecule has 114 valence electrons. The van der Waals surface area contributed by atoms with Crippen molar-refractivity contribution in [2.45, 2.75) is 11.4 Å². The number of sulfonamides is 1. The summed E-state index contributed by atoms with van der Waals surface area (Å²) in [5.74, 6) is 0. The molecular weight excluding hydrogens is 290 g/mol. The van der Waals surface area contributed by atoms with Gasteiger partial charge in [0.2, 0.25) is 10.0 Å². The minimum absolute atomic E-state index is 0.186. The maximum absolute atomic E-state index is 12.1. The quantitative estimate of drug-likeness (QED) is 0.851. The molecule has 0 fully saturated rings. The lowest BCUT2D eigenvalue weighted by atomic mass is 10.2. The highest BCUT2D eigenvalue weighted by atomic mass is 32.2. The van der Waals surface area contributed by atoms with Crippen LogP contribution in [0, 0.1) is 0 Å². The maximum Gasteiger partial charge on any atom is 0.242 e. The molecular formula is C14H19N3O3S. The summed E-state index contributed by atoms with van der Waals surface area (Å²) in [6.45, 7) is 0.625. The van der Waals surface area contributed by atoms with E-state index in [2.05, 4.69) is 0 Å². The van der Waals surface area contributed by atoms with Gasteiger partial charge in [-0.1, -0.05) is 0 Å². The second kappa shape index (κ2) is 5.79. The number of furan rings is 1. The molecule has 0 spiro atoms. The molecule has 1 heterocycles. The van der Waals surface area contributed by atoms with Crippen LogP contribution < -0.4 is 10.6 Å². The van der Waals surface area contributed by atoms with Gasteiger partial charge in [0.05, 0.1) is 28.8 Å². The highest BCUT2D eigenvalue weighted by molar-refractivity contribution is 7.89. The smallest absolute Gasteiger partial charge is 0.242 e. The van der Waals surface area contributed by atoms with Gasteiger partial charge >= 0.3 is 0 Å². The van der Waals surface area contributed by atoms with Gasteiger partial charge in [-0.2, -0.15) is 0 Å². The summed E-state index contributed by atoms with van der Waals surface area (Å²) in [7, 11) is 1.40. The Morgan fingerprint density at radius 1 is 1.19 bits per heavy atom. The van der Waals surface area contributed by atoms with Gasteiger partial charge in [0, 0.05) is 33.3 Å². The van der Waals surface area contributed by atoms with Crippen molar-refractivity contribution in [2.75, 3.05) is 31.8 Å². The zero-order valence-electron chi connectivity index (χ0n) is 12.3. The van der Waals surface area contributed by atoms with Crippen LogP contribution in [0.1, 0.15) is 5.56 Å². The van der Waals surface area contributed by atoms with Crippen molar-refractivity contribution in [3.8, 4) is 0 Å². The molecule has 21 heavy (non-hydrogen) atoms. The summed E-state index contributed by atoms with van der Waals surface area (Å²) >= 11 is 0. The molecule has 0 amide bonds. The lowest BCUT2D eigenvalue weighted by molar-refractivity contribution is 0.521. The third-order valence-corrected chi connectivity index (χ3v) is 5.00. The first-order valence-electron chi connectivity index (χ1n) is 6.36. The van der Waals surface area contributed by atoms with Gasteiger partial charge < -0.3 is 15.1 Å². The standard InChI is InChI=1S/C14H19N3O3S/c1-16(2)21(18,19)12-4-5-14(13(15)8-12)17(3)9-11-6-7-20-10-11/h4-8,10H,9,15H2,1-3H3. The molecule has 0 radical (unpaired) electrons. The highest BCUT2D eigenvalue weighted by Gasteiger charge is 2.19. The SMILES string of the molecule is CN(Cc1ccoc1)c1ccc(S(=O)(=O)N(C)C)cc1N. The van der Waals surface area contributed by atoms with E-state index in [1.165, 1.54) is 20.2 Å². The number of benzene rings is 1. The third kappa shape index (κ3) is 3.20. The van der Waals surface area contributed by atoms with E-state index < -0.39 is 10.0 Å². The second-order valence-electron chi connectivity index (χ2n) is 5.00. The van der Waals surface area contributed by atoms with E-state index in [9.17, 15) is 8.42 Å². The molecule has 0 saturated carbocycles. The fraction of sp³-hybridized carbons (Fsp3) is 0.286. The average molecular weight is 309 g/mol. The summed E-state index contributed by atoms with van der Waals surface area (Å²) in [4.78, 5) is 2.12. The van der Waals surface area contributed by atoms with Crippen LogP contribution in [0.15, 0.2) is 46.1 Å². The fourth-order valence-corrected chi connectivity index (χ4v) is 2.93. The number of hydrogen-bond acceptors (Lipinski definition) is 5. The Hall–Kier alpha value is -1.99. The van der Waals surface area contributed by atoms with Crippen LogP contribution in [-0.2, 0) is 16.6 Å². The molecule has 0 atom stereocenters. The van der Waals surface area contributed by atoms with E-state index in [0.717, 1.165) is 15.6 Å². The molecule has 0 aliphatic carbocycles. The molecule has 0 bridgehead atoms. The zero-order valence-corrected chi connectivity index (χ0v) is 13.1. The number of nitrogens with zero attached hydrogens (tertiary/aromatic N) is 2. The van der Waals surface area contributed by atoms with Crippen LogP contribution in [-0.4, -0.2) is 33.9 Å². The van der Waals surface area contributed by atoms with E-state index in [0.29, 0.717) is 12.2 Å². The minimum atomic E-state index is -3.47. The second-order valence-corrected chi connectivity index (χ2v) is 7.15. The Balaban J connectivity index is 2.27. The van der Waals surface area contributed by atoms with E-state index in [4.69, 9.17) is 10.2 Å². The summed E-state index contributed by atoms with van der Waals surface area (Å²) < 4.78 is 30.3. The average Bonchev–Trinajstić information content (AvgIpc) is 2.90. The van der Waals surface area contributed by atoms with Crippen LogP contribution in [0.2, 0.25) is 0 Å².